The maximum atomic E-state index is 5.49. The average molecular weight is 481 g/mol. The highest BCUT2D eigenvalue weighted by atomic mass is 127. The molecule has 2 N–H and O–H groups in total. The Morgan fingerprint density at radius 2 is 1.73 bits per heavy atom. The van der Waals surface area contributed by atoms with Crippen LogP contribution in [0.1, 0.15) is 39.5 Å². The van der Waals surface area contributed by atoms with E-state index in [9.17, 15) is 0 Å². The lowest BCUT2D eigenvalue weighted by Gasteiger charge is -2.37. The lowest BCUT2D eigenvalue weighted by atomic mass is 10.0. The standard InChI is InChI=1S/C19H39N5O.HI/c1-17(2)18(24-12-14-25-15-13-24)16-22-19(20-3)21-8-4-5-9-23-10-6-7-11-23;/h17-18H,4-16H2,1-3H3,(H2,20,21,22);1H. The molecule has 2 fully saturated rings. The van der Waals surface area contributed by atoms with Crippen molar-refractivity contribution in [3.8, 4) is 0 Å². The van der Waals surface area contributed by atoms with Crippen molar-refractivity contribution < 1.29 is 4.74 Å². The molecule has 0 saturated carbocycles. The van der Waals surface area contributed by atoms with Crippen LogP contribution in [0.4, 0.5) is 0 Å². The predicted octanol–water partition coefficient (Wildman–Crippen LogP) is 2.00. The maximum Gasteiger partial charge on any atom is 0.191 e. The number of likely N-dealkylation sites (tertiary alicyclic amines) is 1. The lowest BCUT2D eigenvalue weighted by molar-refractivity contribution is 0.00752. The van der Waals surface area contributed by atoms with Crippen molar-refractivity contribution in [1.82, 2.24) is 20.4 Å². The van der Waals surface area contributed by atoms with E-state index in [-0.39, 0.29) is 24.0 Å². The van der Waals surface area contributed by atoms with Gasteiger partial charge >= 0.3 is 0 Å². The molecular formula is C19H40IN5O. The second kappa shape index (κ2) is 14.0. The van der Waals surface area contributed by atoms with Crippen molar-refractivity contribution in [3.05, 3.63) is 0 Å². The van der Waals surface area contributed by atoms with Crippen LogP contribution in [0.15, 0.2) is 4.99 Å². The molecule has 1 atom stereocenters. The van der Waals surface area contributed by atoms with Crippen LogP contribution in [-0.2, 0) is 4.74 Å². The fourth-order valence-corrected chi connectivity index (χ4v) is 3.79. The predicted molar refractivity (Wildman–Crippen MR) is 121 cm³/mol. The van der Waals surface area contributed by atoms with Crippen molar-refractivity contribution in [2.45, 2.75) is 45.6 Å². The van der Waals surface area contributed by atoms with Gasteiger partial charge in [0, 0.05) is 39.3 Å². The Bertz CT molecular complexity index is 382. The molecule has 2 heterocycles. The smallest absolute Gasteiger partial charge is 0.191 e. The van der Waals surface area contributed by atoms with E-state index in [0.717, 1.165) is 45.4 Å². The quantitative estimate of drug-likeness (QED) is 0.229. The molecule has 7 heteroatoms. The highest BCUT2D eigenvalue weighted by Gasteiger charge is 2.23. The Balaban J connectivity index is 0.00000338. The summed E-state index contributed by atoms with van der Waals surface area (Å²) in [6.07, 6.45) is 5.24. The number of rotatable bonds is 9. The second-order valence-electron chi connectivity index (χ2n) is 7.60. The van der Waals surface area contributed by atoms with Gasteiger partial charge in [-0.25, -0.2) is 0 Å². The summed E-state index contributed by atoms with van der Waals surface area (Å²) < 4.78 is 5.49. The minimum absolute atomic E-state index is 0. The minimum Gasteiger partial charge on any atom is -0.379 e. The number of hydrogen-bond donors (Lipinski definition) is 2. The molecule has 2 rings (SSSR count). The first kappa shape index (κ1) is 23.9. The molecule has 154 valence electrons. The van der Waals surface area contributed by atoms with Crippen molar-refractivity contribution in [2.24, 2.45) is 10.9 Å². The monoisotopic (exact) mass is 481 g/mol. The fourth-order valence-electron chi connectivity index (χ4n) is 3.79. The van der Waals surface area contributed by atoms with Gasteiger partial charge in [-0.3, -0.25) is 9.89 Å². The molecular weight excluding hydrogens is 441 g/mol. The molecule has 0 spiro atoms. The molecule has 0 aromatic rings. The number of nitrogens with one attached hydrogen (secondary N) is 2. The molecule has 0 aromatic heterocycles. The Morgan fingerprint density at radius 3 is 2.35 bits per heavy atom. The minimum atomic E-state index is 0. The van der Waals surface area contributed by atoms with E-state index >= 15 is 0 Å². The van der Waals surface area contributed by atoms with E-state index in [1.165, 1.54) is 45.3 Å². The number of unbranched alkanes of at least 4 members (excludes halogenated alkanes) is 1. The summed E-state index contributed by atoms with van der Waals surface area (Å²) in [5, 5.41) is 7.00. The molecule has 0 aliphatic carbocycles. The van der Waals surface area contributed by atoms with Crippen LogP contribution in [0.2, 0.25) is 0 Å². The summed E-state index contributed by atoms with van der Waals surface area (Å²) in [5.74, 6) is 1.55. The average Bonchev–Trinajstić information content (AvgIpc) is 3.14. The van der Waals surface area contributed by atoms with Gasteiger partial charge < -0.3 is 20.3 Å². The normalized spacial score (nSPS) is 20.8. The highest BCUT2D eigenvalue weighted by molar-refractivity contribution is 14.0. The molecule has 6 nitrogen and oxygen atoms in total. The number of aliphatic imine (C=N–C) groups is 1. The first-order valence-corrected chi connectivity index (χ1v) is 10.2. The zero-order valence-electron chi connectivity index (χ0n) is 17.0. The molecule has 0 bridgehead atoms. The third kappa shape index (κ3) is 8.71. The van der Waals surface area contributed by atoms with Gasteiger partial charge in [-0.15, -0.1) is 24.0 Å². The second-order valence-corrected chi connectivity index (χ2v) is 7.60. The van der Waals surface area contributed by atoms with Crippen molar-refractivity contribution in [2.75, 3.05) is 66.1 Å². The van der Waals surface area contributed by atoms with E-state index < -0.39 is 0 Å². The zero-order chi connectivity index (χ0) is 17.9. The Hall–Kier alpha value is -0.120. The maximum absolute atomic E-state index is 5.49. The van der Waals surface area contributed by atoms with Gasteiger partial charge in [0.15, 0.2) is 5.96 Å². The van der Waals surface area contributed by atoms with Crippen LogP contribution < -0.4 is 10.6 Å². The summed E-state index contributed by atoms with van der Waals surface area (Å²) >= 11 is 0. The lowest BCUT2D eigenvalue weighted by Crippen LogP contribution is -2.52. The van der Waals surface area contributed by atoms with Gasteiger partial charge in [-0.05, 0) is 51.2 Å². The van der Waals surface area contributed by atoms with Crippen LogP contribution >= 0.6 is 24.0 Å². The third-order valence-electron chi connectivity index (χ3n) is 5.38. The van der Waals surface area contributed by atoms with E-state index in [4.69, 9.17) is 4.74 Å². The number of halogens is 1. The summed E-state index contributed by atoms with van der Waals surface area (Å²) in [6, 6.07) is 0.526. The van der Waals surface area contributed by atoms with Crippen molar-refractivity contribution in [1.29, 1.82) is 0 Å². The Morgan fingerprint density at radius 1 is 1.04 bits per heavy atom. The Kier molecular flexibility index (Phi) is 12.8. The van der Waals surface area contributed by atoms with Crippen molar-refractivity contribution >= 4 is 29.9 Å². The van der Waals surface area contributed by atoms with Crippen LogP contribution in [0.25, 0.3) is 0 Å². The highest BCUT2D eigenvalue weighted by Crippen LogP contribution is 2.12. The van der Waals surface area contributed by atoms with Crippen LogP contribution in [0, 0.1) is 5.92 Å². The molecule has 0 radical (unpaired) electrons. The molecule has 26 heavy (non-hydrogen) atoms. The van der Waals surface area contributed by atoms with Gasteiger partial charge in [0.05, 0.1) is 13.2 Å². The largest absolute Gasteiger partial charge is 0.379 e. The van der Waals surface area contributed by atoms with Crippen LogP contribution in [0.3, 0.4) is 0 Å². The molecule has 0 aromatic carbocycles. The summed E-state index contributed by atoms with van der Waals surface area (Å²) in [7, 11) is 1.86. The number of morpholine rings is 1. The van der Waals surface area contributed by atoms with Gasteiger partial charge in [-0.1, -0.05) is 13.8 Å². The number of ether oxygens (including phenoxy) is 1. The molecule has 2 aliphatic heterocycles. The molecule has 1 unspecified atom stereocenters. The summed E-state index contributed by atoms with van der Waals surface area (Å²) in [4.78, 5) is 9.51. The van der Waals surface area contributed by atoms with Gasteiger partial charge in [0.2, 0.25) is 0 Å². The Labute approximate surface area is 177 Å². The fraction of sp³-hybridized carbons (Fsp3) is 0.947. The molecule has 2 saturated heterocycles. The zero-order valence-corrected chi connectivity index (χ0v) is 19.3. The third-order valence-corrected chi connectivity index (χ3v) is 5.38. The van der Waals surface area contributed by atoms with Gasteiger partial charge in [-0.2, -0.15) is 0 Å². The first-order valence-electron chi connectivity index (χ1n) is 10.2. The van der Waals surface area contributed by atoms with Crippen molar-refractivity contribution in [3.63, 3.8) is 0 Å². The SMILES string of the molecule is CN=C(NCCCCN1CCCC1)NCC(C(C)C)N1CCOCC1.I. The van der Waals surface area contributed by atoms with E-state index in [0.29, 0.717) is 12.0 Å². The molecule has 0 amide bonds. The molecule has 2 aliphatic rings. The van der Waals surface area contributed by atoms with E-state index in [1.807, 2.05) is 7.05 Å². The number of nitrogens with zero attached hydrogens (tertiary/aromatic N) is 3. The number of guanidine groups is 1. The summed E-state index contributed by atoms with van der Waals surface area (Å²) in [6.45, 7) is 14.2. The summed E-state index contributed by atoms with van der Waals surface area (Å²) in [5.41, 5.74) is 0. The van der Waals surface area contributed by atoms with Gasteiger partial charge in [0.25, 0.3) is 0 Å². The van der Waals surface area contributed by atoms with Crippen LogP contribution in [-0.4, -0.2) is 87.9 Å². The first-order chi connectivity index (χ1) is 12.2. The topological polar surface area (TPSA) is 52.1 Å². The van der Waals surface area contributed by atoms with E-state index in [1.54, 1.807) is 0 Å². The van der Waals surface area contributed by atoms with E-state index in [2.05, 4.69) is 39.3 Å². The van der Waals surface area contributed by atoms with Crippen LogP contribution in [0.5, 0.6) is 0 Å². The van der Waals surface area contributed by atoms with Gasteiger partial charge in [0.1, 0.15) is 0 Å². The number of hydrogen-bond acceptors (Lipinski definition) is 4.